The maximum atomic E-state index is 13.1. The Balaban J connectivity index is 1.93. The number of rotatable bonds is 6. The predicted octanol–water partition coefficient (Wildman–Crippen LogP) is 3.66. The van der Waals surface area contributed by atoms with E-state index in [2.05, 4.69) is 24.1 Å². The van der Waals surface area contributed by atoms with Gasteiger partial charge in [0.1, 0.15) is 17.8 Å². The van der Waals surface area contributed by atoms with Gasteiger partial charge in [-0.3, -0.25) is 0 Å². The van der Waals surface area contributed by atoms with Gasteiger partial charge in [0.05, 0.1) is 5.69 Å². The molecule has 0 spiro atoms. The van der Waals surface area contributed by atoms with Crippen LogP contribution in [0.3, 0.4) is 0 Å². The number of aromatic nitrogens is 1. The minimum absolute atomic E-state index is 0.164. The van der Waals surface area contributed by atoms with Crippen LogP contribution < -0.4 is 10.1 Å². The van der Waals surface area contributed by atoms with E-state index in [-0.39, 0.29) is 11.9 Å². The number of hydrogen-bond donors (Lipinski definition) is 1. The highest BCUT2D eigenvalue weighted by atomic mass is 19.1. The molecule has 0 aliphatic heterocycles. The molecular formula is C15H19FN2O2. The van der Waals surface area contributed by atoms with Gasteiger partial charge in [-0.15, -0.1) is 0 Å². The third-order valence-electron chi connectivity index (χ3n) is 2.72. The summed E-state index contributed by atoms with van der Waals surface area (Å²) in [4.78, 5) is 4.21. The third kappa shape index (κ3) is 4.06. The van der Waals surface area contributed by atoms with E-state index in [1.165, 1.54) is 6.07 Å². The summed E-state index contributed by atoms with van der Waals surface area (Å²) in [6.45, 7) is 7.51. The van der Waals surface area contributed by atoms with Gasteiger partial charge < -0.3 is 14.5 Å². The fraction of sp³-hybridized carbons (Fsp3) is 0.400. The van der Waals surface area contributed by atoms with Crippen LogP contribution in [-0.4, -0.2) is 11.5 Å². The Hall–Kier alpha value is -1.88. The molecule has 5 heteroatoms. The van der Waals surface area contributed by atoms with Crippen LogP contribution in [0.15, 0.2) is 28.9 Å². The molecule has 0 saturated carbocycles. The maximum Gasteiger partial charge on any atom is 0.399 e. The van der Waals surface area contributed by atoms with Crippen LogP contribution in [0.2, 0.25) is 0 Å². The summed E-state index contributed by atoms with van der Waals surface area (Å²) in [5, 5.41) is 3.27. The Morgan fingerprint density at radius 3 is 2.90 bits per heavy atom. The monoisotopic (exact) mass is 278 g/mol. The minimum Gasteiger partial charge on any atom is -0.417 e. The quantitative estimate of drug-likeness (QED) is 0.876. The summed E-state index contributed by atoms with van der Waals surface area (Å²) in [6, 6.07) is 4.51. The van der Waals surface area contributed by atoms with Crippen LogP contribution in [-0.2, 0) is 6.54 Å². The molecule has 1 aromatic carbocycles. The molecule has 108 valence electrons. The molecule has 0 amide bonds. The van der Waals surface area contributed by atoms with Crippen molar-refractivity contribution in [2.24, 2.45) is 5.92 Å². The summed E-state index contributed by atoms with van der Waals surface area (Å²) >= 11 is 0. The topological polar surface area (TPSA) is 47.3 Å². The summed E-state index contributed by atoms with van der Waals surface area (Å²) in [5.41, 5.74) is 1.30. The fourth-order valence-corrected chi connectivity index (χ4v) is 1.69. The Labute approximate surface area is 118 Å². The van der Waals surface area contributed by atoms with Crippen molar-refractivity contribution < 1.29 is 13.5 Å². The molecule has 0 atom stereocenters. The van der Waals surface area contributed by atoms with Gasteiger partial charge in [-0.05, 0) is 43.1 Å². The van der Waals surface area contributed by atoms with Crippen molar-refractivity contribution in [1.82, 2.24) is 10.3 Å². The van der Waals surface area contributed by atoms with Crippen molar-refractivity contribution in [2.75, 3.05) is 6.54 Å². The molecule has 1 heterocycles. The molecule has 4 nitrogen and oxygen atoms in total. The van der Waals surface area contributed by atoms with Crippen molar-refractivity contribution >= 4 is 0 Å². The normalized spacial score (nSPS) is 11.1. The summed E-state index contributed by atoms with van der Waals surface area (Å²) in [6.07, 6.45) is 1.72. The van der Waals surface area contributed by atoms with Gasteiger partial charge in [-0.1, -0.05) is 13.8 Å². The van der Waals surface area contributed by atoms with Crippen molar-refractivity contribution in [3.8, 4) is 11.8 Å². The predicted molar refractivity (Wildman–Crippen MR) is 74.3 cm³/mol. The van der Waals surface area contributed by atoms with Gasteiger partial charge in [-0.2, -0.15) is 4.98 Å². The van der Waals surface area contributed by atoms with Crippen LogP contribution >= 0.6 is 0 Å². The second kappa shape index (κ2) is 6.52. The lowest BCUT2D eigenvalue weighted by Crippen LogP contribution is -2.19. The molecule has 1 aromatic heterocycles. The van der Waals surface area contributed by atoms with Crippen molar-refractivity contribution in [1.29, 1.82) is 0 Å². The van der Waals surface area contributed by atoms with Crippen molar-refractivity contribution in [3.63, 3.8) is 0 Å². The summed E-state index contributed by atoms with van der Waals surface area (Å²) in [5.74, 6) is 0.829. The van der Waals surface area contributed by atoms with Crippen molar-refractivity contribution in [3.05, 3.63) is 41.5 Å². The molecule has 0 aliphatic carbocycles. The molecular weight excluding hydrogens is 259 g/mol. The molecule has 1 N–H and O–H groups in total. The van der Waals surface area contributed by atoms with Gasteiger partial charge in [0, 0.05) is 6.54 Å². The smallest absolute Gasteiger partial charge is 0.399 e. The highest BCUT2D eigenvalue weighted by Crippen LogP contribution is 2.22. The minimum atomic E-state index is -0.261. The first-order valence-corrected chi connectivity index (χ1v) is 6.63. The van der Waals surface area contributed by atoms with Crippen molar-refractivity contribution in [2.45, 2.75) is 27.3 Å². The lowest BCUT2D eigenvalue weighted by Gasteiger charge is -2.04. The number of hydrogen-bond acceptors (Lipinski definition) is 4. The SMILES string of the molecule is Cc1cc(Oc2nc(CNCC(C)C)co2)ccc1F. The summed E-state index contributed by atoms with van der Waals surface area (Å²) < 4.78 is 23.8. The second-order valence-electron chi connectivity index (χ2n) is 5.14. The molecule has 0 unspecified atom stereocenters. The van der Waals surface area contributed by atoms with Crippen LogP contribution in [0.1, 0.15) is 25.1 Å². The van der Waals surface area contributed by atoms with E-state index >= 15 is 0 Å². The number of oxazole rings is 1. The lowest BCUT2D eigenvalue weighted by molar-refractivity contribution is 0.330. The Kier molecular flexibility index (Phi) is 4.74. The van der Waals surface area contributed by atoms with E-state index in [1.807, 2.05) is 0 Å². The zero-order valence-corrected chi connectivity index (χ0v) is 11.9. The summed E-state index contributed by atoms with van der Waals surface area (Å²) in [7, 11) is 0. The van der Waals surface area contributed by atoms with E-state index in [9.17, 15) is 4.39 Å². The average molecular weight is 278 g/mol. The van der Waals surface area contributed by atoms with Crippen LogP contribution in [0.5, 0.6) is 11.8 Å². The first kappa shape index (κ1) is 14.5. The third-order valence-corrected chi connectivity index (χ3v) is 2.72. The fourth-order valence-electron chi connectivity index (χ4n) is 1.69. The highest BCUT2D eigenvalue weighted by molar-refractivity contribution is 5.30. The molecule has 0 radical (unpaired) electrons. The number of aryl methyl sites for hydroxylation is 1. The number of benzene rings is 1. The van der Waals surface area contributed by atoms with Gasteiger partial charge in [-0.25, -0.2) is 4.39 Å². The first-order chi connectivity index (χ1) is 9.54. The first-order valence-electron chi connectivity index (χ1n) is 6.63. The zero-order valence-electron chi connectivity index (χ0n) is 11.9. The lowest BCUT2D eigenvalue weighted by atomic mass is 10.2. The van der Waals surface area contributed by atoms with Gasteiger partial charge in [0.2, 0.25) is 0 Å². The average Bonchev–Trinajstić information content (AvgIpc) is 2.81. The van der Waals surface area contributed by atoms with Crippen LogP contribution in [0.25, 0.3) is 0 Å². The highest BCUT2D eigenvalue weighted by Gasteiger charge is 2.07. The van der Waals surface area contributed by atoms with Gasteiger partial charge >= 0.3 is 6.08 Å². The standard InChI is InChI=1S/C15H19FN2O2/c1-10(2)7-17-8-12-9-19-15(18-12)20-13-4-5-14(16)11(3)6-13/h4-6,9-10,17H,7-8H2,1-3H3. The Bertz CT molecular complexity index is 567. The second-order valence-corrected chi connectivity index (χ2v) is 5.14. The molecule has 2 rings (SSSR count). The molecule has 20 heavy (non-hydrogen) atoms. The van der Waals surface area contributed by atoms with E-state index in [0.29, 0.717) is 23.8 Å². The Morgan fingerprint density at radius 1 is 1.40 bits per heavy atom. The van der Waals surface area contributed by atoms with E-state index in [1.54, 1.807) is 25.3 Å². The van der Waals surface area contributed by atoms with Crippen LogP contribution in [0, 0.1) is 18.7 Å². The number of halogens is 1. The maximum absolute atomic E-state index is 13.1. The largest absolute Gasteiger partial charge is 0.417 e. The van der Waals surface area contributed by atoms with E-state index in [0.717, 1.165) is 12.2 Å². The van der Waals surface area contributed by atoms with E-state index in [4.69, 9.17) is 9.15 Å². The molecule has 0 aliphatic rings. The zero-order chi connectivity index (χ0) is 14.5. The molecule has 0 saturated heterocycles. The number of nitrogens with one attached hydrogen (secondary N) is 1. The number of nitrogens with zero attached hydrogens (tertiary/aromatic N) is 1. The van der Waals surface area contributed by atoms with E-state index < -0.39 is 0 Å². The number of ether oxygens (including phenoxy) is 1. The van der Waals surface area contributed by atoms with Crippen LogP contribution in [0.4, 0.5) is 4.39 Å². The molecule has 2 aromatic rings. The molecule has 0 fully saturated rings. The Morgan fingerprint density at radius 2 is 2.20 bits per heavy atom. The molecule has 0 bridgehead atoms. The van der Waals surface area contributed by atoms with Gasteiger partial charge in [0.25, 0.3) is 0 Å². The van der Waals surface area contributed by atoms with Gasteiger partial charge in [0.15, 0.2) is 0 Å².